The van der Waals surface area contributed by atoms with Crippen LogP contribution < -0.4 is 0 Å². The molecule has 2 aromatic heterocycles. The first-order valence-corrected chi connectivity index (χ1v) is 11.1. The van der Waals surface area contributed by atoms with Crippen molar-refractivity contribution in [3.63, 3.8) is 0 Å². The molecule has 8 heteroatoms. The van der Waals surface area contributed by atoms with Gasteiger partial charge in [-0.3, -0.25) is 10.0 Å². The molecule has 0 radical (unpaired) electrons. The Morgan fingerprint density at radius 2 is 1.96 bits per heavy atom. The Morgan fingerprint density at radius 1 is 1.20 bits per heavy atom. The van der Waals surface area contributed by atoms with Crippen molar-refractivity contribution < 1.29 is 18.4 Å². The average Bonchev–Trinajstić information content (AvgIpc) is 3.19. The van der Waals surface area contributed by atoms with E-state index < -0.39 is 15.9 Å². The van der Waals surface area contributed by atoms with Crippen molar-refractivity contribution in [1.82, 2.24) is 5.06 Å². The van der Waals surface area contributed by atoms with Gasteiger partial charge < -0.3 is 0 Å². The smallest absolute Gasteiger partial charge is 0.233 e. The van der Waals surface area contributed by atoms with Gasteiger partial charge in [0.2, 0.25) is 6.41 Å². The summed E-state index contributed by atoms with van der Waals surface area (Å²) in [5, 5.41) is 15.1. The maximum Gasteiger partial charge on any atom is 0.233 e. The van der Waals surface area contributed by atoms with Gasteiger partial charge in [0.1, 0.15) is 6.04 Å². The van der Waals surface area contributed by atoms with Crippen LogP contribution in [0.25, 0.3) is 10.1 Å². The van der Waals surface area contributed by atoms with E-state index in [2.05, 4.69) is 0 Å². The number of hydrogen-bond donors (Lipinski definition) is 1. The molecule has 0 aliphatic heterocycles. The maximum absolute atomic E-state index is 12.7. The van der Waals surface area contributed by atoms with Crippen LogP contribution in [0.2, 0.25) is 0 Å². The summed E-state index contributed by atoms with van der Waals surface area (Å²) in [6.07, 6.45) is 0.247. The van der Waals surface area contributed by atoms with Crippen LogP contribution in [0.1, 0.15) is 22.0 Å². The van der Waals surface area contributed by atoms with Crippen LogP contribution in [-0.4, -0.2) is 30.9 Å². The lowest BCUT2D eigenvalue weighted by molar-refractivity contribution is -0.158. The Hall–Kier alpha value is -1.74. The molecule has 3 rings (SSSR count). The van der Waals surface area contributed by atoms with Gasteiger partial charge in [0.15, 0.2) is 9.84 Å². The minimum absolute atomic E-state index is 0.133. The van der Waals surface area contributed by atoms with Gasteiger partial charge in [-0.1, -0.05) is 6.07 Å². The highest BCUT2D eigenvalue weighted by atomic mass is 32.2. The number of rotatable bonds is 7. The number of hydroxylamine groups is 2. The number of thiophene rings is 2. The van der Waals surface area contributed by atoms with E-state index in [0.29, 0.717) is 15.5 Å². The van der Waals surface area contributed by atoms with E-state index in [-0.39, 0.29) is 17.9 Å². The second-order valence-corrected chi connectivity index (χ2v) is 9.82. The third-order valence-corrected chi connectivity index (χ3v) is 7.56. The summed E-state index contributed by atoms with van der Waals surface area (Å²) in [5.74, 6) is -0.461. The molecule has 0 bridgehead atoms. The second-order valence-electron chi connectivity index (χ2n) is 5.82. The molecule has 132 valence electrons. The molecule has 0 unspecified atom stereocenters. The van der Waals surface area contributed by atoms with Gasteiger partial charge in [0, 0.05) is 9.58 Å². The summed E-state index contributed by atoms with van der Waals surface area (Å²) in [5.41, 5.74) is 1.55. The van der Waals surface area contributed by atoms with Crippen molar-refractivity contribution in [2.24, 2.45) is 0 Å². The molecule has 0 saturated carbocycles. The molecule has 1 aromatic carbocycles. The Bertz CT molecular complexity index is 990. The van der Waals surface area contributed by atoms with E-state index in [1.165, 1.54) is 11.3 Å². The maximum atomic E-state index is 12.7. The van der Waals surface area contributed by atoms with Crippen molar-refractivity contribution >= 4 is 49.0 Å². The summed E-state index contributed by atoms with van der Waals surface area (Å²) in [6, 6.07) is 8.48. The normalized spacial score (nSPS) is 13.0. The summed E-state index contributed by atoms with van der Waals surface area (Å²) < 4.78 is 26.4. The molecule has 2 heterocycles. The zero-order valence-corrected chi connectivity index (χ0v) is 15.9. The Morgan fingerprint density at radius 3 is 2.64 bits per heavy atom. The fourth-order valence-corrected chi connectivity index (χ4v) is 6.23. The first-order valence-electron chi connectivity index (χ1n) is 7.52. The van der Waals surface area contributed by atoms with Crippen molar-refractivity contribution in [3.8, 4) is 0 Å². The molecule has 1 N–H and O–H groups in total. The highest BCUT2D eigenvalue weighted by Crippen LogP contribution is 2.30. The lowest BCUT2D eigenvalue weighted by Gasteiger charge is -2.22. The van der Waals surface area contributed by atoms with Gasteiger partial charge in [-0.25, -0.2) is 13.5 Å². The number of sulfone groups is 1. The van der Waals surface area contributed by atoms with Crippen LogP contribution in [0.5, 0.6) is 0 Å². The van der Waals surface area contributed by atoms with Gasteiger partial charge in [0.25, 0.3) is 0 Å². The van der Waals surface area contributed by atoms with Gasteiger partial charge in [0.05, 0.1) is 11.5 Å². The minimum Gasteiger partial charge on any atom is -0.285 e. The SMILES string of the molecule is Cc1ccsc1[C@@H](CS(=O)(=O)Cc1ccc2sccc2c1)N(O)C=O. The number of aryl methyl sites for hydroxylation is 1. The fourth-order valence-electron chi connectivity index (χ4n) is 2.73. The average molecular weight is 396 g/mol. The standard InChI is InChI=1S/C17H17NO4S3/c1-12-4-6-24-17(12)15(18(20)11-19)10-25(21,22)9-13-2-3-16-14(8-13)5-7-23-16/h2-8,11,15,20H,9-10H2,1H3/t15-/m1/s1. The molecule has 0 aliphatic carbocycles. The molecular formula is C17H17NO4S3. The Labute approximate surface area is 154 Å². The van der Waals surface area contributed by atoms with Crippen LogP contribution in [0, 0.1) is 6.92 Å². The summed E-state index contributed by atoms with van der Waals surface area (Å²) >= 11 is 2.93. The van der Waals surface area contributed by atoms with Crippen LogP contribution in [0.15, 0.2) is 41.1 Å². The van der Waals surface area contributed by atoms with Crippen LogP contribution >= 0.6 is 22.7 Å². The van der Waals surface area contributed by atoms with Gasteiger partial charge in [-0.05, 0) is 58.5 Å². The first kappa shape index (κ1) is 18.1. The lowest BCUT2D eigenvalue weighted by Crippen LogP contribution is -2.30. The Kier molecular flexibility index (Phi) is 5.24. The number of amides is 1. The second kappa shape index (κ2) is 7.25. The number of benzene rings is 1. The summed E-state index contributed by atoms with van der Waals surface area (Å²) in [4.78, 5) is 11.7. The molecule has 5 nitrogen and oxygen atoms in total. The van der Waals surface area contributed by atoms with E-state index in [1.807, 2.05) is 41.9 Å². The van der Waals surface area contributed by atoms with E-state index in [0.717, 1.165) is 15.6 Å². The largest absolute Gasteiger partial charge is 0.285 e. The highest BCUT2D eigenvalue weighted by Gasteiger charge is 2.28. The molecule has 0 fully saturated rings. The van der Waals surface area contributed by atoms with E-state index in [4.69, 9.17) is 0 Å². The van der Waals surface area contributed by atoms with Gasteiger partial charge >= 0.3 is 0 Å². The topological polar surface area (TPSA) is 74.7 Å². The lowest BCUT2D eigenvalue weighted by atomic mass is 10.2. The van der Waals surface area contributed by atoms with Gasteiger partial charge in [-0.15, -0.1) is 22.7 Å². The molecule has 1 atom stereocenters. The predicted molar refractivity (Wildman–Crippen MR) is 101 cm³/mol. The molecule has 25 heavy (non-hydrogen) atoms. The molecule has 3 aromatic rings. The molecule has 0 spiro atoms. The van der Waals surface area contributed by atoms with Crippen molar-refractivity contribution in [2.45, 2.75) is 18.7 Å². The van der Waals surface area contributed by atoms with Crippen molar-refractivity contribution in [2.75, 3.05) is 5.75 Å². The molecule has 1 amide bonds. The number of carbonyl (C=O) groups excluding carboxylic acids is 1. The highest BCUT2D eigenvalue weighted by molar-refractivity contribution is 7.90. The van der Waals surface area contributed by atoms with E-state index in [9.17, 15) is 18.4 Å². The van der Waals surface area contributed by atoms with Crippen LogP contribution in [-0.2, 0) is 20.4 Å². The Balaban J connectivity index is 1.84. The molecule has 0 aliphatic rings. The van der Waals surface area contributed by atoms with E-state index >= 15 is 0 Å². The summed E-state index contributed by atoms with van der Waals surface area (Å²) in [6.45, 7) is 1.83. The third kappa shape index (κ3) is 4.09. The summed E-state index contributed by atoms with van der Waals surface area (Å²) in [7, 11) is -3.53. The number of fused-ring (bicyclic) bond motifs is 1. The van der Waals surface area contributed by atoms with Crippen LogP contribution in [0.4, 0.5) is 0 Å². The number of carbonyl (C=O) groups is 1. The molecule has 0 saturated heterocycles. The quantitative estimate of drug-likeness (QED) is 0.375. The monoisotopic (exact) mass is 395 g/mol. The van der Waals surface area contributed by atoms with Crippen LogP contribution in [0.3, 0.4) is 0 Å². The fraction of sp³-hybridized carbons (Fsp3) is 0.235. The number of hydrogen-bond acceptors (Lipinski definition) is 6. The predicted octanol–water partition coefficient (Wildman–Crippen LogP) is 3.77. The number of nitrogens with zero attached hydrogens (tertiary/aromatic N) is 1. The molecular weight excluding hydrogens is 378 g/mol. The first-order chi connectivity index (χ1) is 11.9. The minimum atomic E-state index is -3.53. The van der Waals surface area contributed by atoms with Crippen molar-refractivity contribution in [1.29, 1.82) is 0 Å². The zero-order valence-electron chi connectivity index (χ0n) is 13.5. The van der Waals surface area contributed by atoms with Crippen molar-refractivity contribution in [3.05, 3.63) is 57.1 Å². The van der Waals surface area contributed by atoms with Gasteiger partial charge in [-0.2, -0.15) is 0 Å². The van der Waals surface area contributed by atoms with E-state index in [1.54, 1.807) is 17.4 Å². The zero-order chi connectivity index (χ0) is 18.0. The third-order valence-electron chi connectivity index (χ3n) is 3.95.